The fourth-order valence-corrected chi connectivity index (χ4v) is 1.94. The van der Waals surface area contributed by atoms with Crippen LogP contribution in [0.3, 0.4) is 0 Å². The van der Waals surface area contributed by atoms with Gasteiger partial charge < -0.3 is 14.8 Å². The van der Waals surface area contributed by atoms with E-state index in [1.165, 1.54) is 0 Å². The van der Waals surface area contributed by atoms with Gasteiger partial charge in [-0.15, -0.1) is 0 Å². The predicted octanol–water partition coefficient (Wildman–Crippen LogP) is 2.15. The number of ether oxygens (including phenoxy) is 2. The number of benzene rings is 1. The highest BCUT2D eigenvalue weighted by molar-refractivity contribution is 5.95. The second-order valence-electron chi connectivity index (χ2n) is 6.52. The molecule has 0 aliphatic rings. The minimum Gasteiger partial charge on any atom is -0.496 e. The van der Waals surface area contributed by atoms with Crippen molar-refractivity contribution in [3.8, 4) is 5.75 Å². The van der Waals surface area contributed by atoms with Crippen LogP contribution in [0.1, 0.15) is 43.6 Å². The van der Waals surface area contributed by atoms with Gasteiger partial charge >= 0.3 is 6.09 Å². The first-order valence-electron chi connectivity index (χ1n) is 7.80. The maximum Gasteiger partial charge on any atom is 0.407 e. The Bertz CT molecular complexity index is 582. The molecule has 1 aromatic carbocycles. The molecule has 0 saturated heterocycles. The summed E-state index contributed by atoms with van der Waals surface area (Å²) in [7, 11) is 1.56. The van der Waals surface area contributed by atoms with Gasteiger partial charge in [0.25, 0.3) is 5.91 Å². The monoisotopic (exact) mass is 337 g/mol. The third-order valence-electron chi connectivity index (χ3n) is 3.13. The van der Waals surface area contributed by atoms with Crippen LogP contribution in [0.25, 0.3) is 0 Å². The lowest BCUT2D eigenvalue weighted by atomic mass is 10.1. The predicted molar refractivity (Wildman–Crippen MR) is 92.0 cm³/mol. The number of hydrogen-bond donors (Lipinski definition) is 3. The highest BCUT2D eigenvalue weighted by Crippen LogP contribution is 2.20. The Kier molecular flexibility index (Phi) is 7.03. The zero-order valence-corrected chi connectivity index (χ0v) is 15.1. The molecule has 0 aromatic heterocycles. The molecule has 0 aliphatic carbocycles. The number of alkyl carbamates (subject to hydrolysis) is 1. The fourth-order valence-electron chi connectivity index (χ4n) is 1.94. The van der Waals surface area contributed by atoms with Crippen LogP contribution in [-0.4, -0.2) is 37.3 Å². The van der Waals surface area contributed by atoms with E-state index >= 15 is 0 Å². The number of hydrazine groups is 1. The lowest BCUT2D eigenvalue weighted by Gasteiger charge is -2.21. The molecule has 1 atom stereocenters. The molecule has 0 bridgehead atoms. The molecular formula is C17H27N3O4. The van der Waals surface area contributed by atoms with Crippen molar-refractivity contribution in [2.45, 2.75) is 46.3 Å². The molecule has 1 rings (SSSR count). The largest absolute Gasteiger partial charge is 0.496 e. The van der Waals surface area contributed by atoms with Crippen molar-refractivity contribution in [3.63, 3.8) is 0 Å². The van der Waals surface area contributed by atoms with Gasteiger partial charge in [0.15, 0.2) is 0 Å². The van der Waals surface area contributed by atoms with Crippen molar-refractivity contribution in [1.82, 2.24) is 16.2 Å². The van der Waals surface area contributed by atoms with E-state index in [2.05, 4.69) is 16.2 Å². The van der Waals surface area contributed by atoms with Crippen LogP contribution in [0.5, 0.6) is 5.75 Å². The molecule has 0 heterocycles. The molecule has 7 nitrogen and oxygen atoms in total. The minimum atomic E-state index is -0.543. The SMILES string of the molecule is COc1cccc(C(=O)NNC(C)CNC(=O)OC(C)(C)C)c1C. The summed E-state index contributed by atoms with van der Waals surface area (Å²) in [6.07, 6.45) is -0.494. The molecule has 0 saturated carbocycles. The minimum absolute atomic E-state index is 0.174. The molecule has 2 amide bonds. The lowest BCUT2D eigenvalue weighted by molar-refractivity contribution is 0.0523. The Balaban J connectivity index is 2.46. The van der Waals surface area contributed by atoms with E-state index in [0.717, 1.165) is 5.56 Å². The van der Waals surface area contributed by atoms with Crippen molar-refractivity contribution in [1.29, 1.82) is 0 Å². The first-order chi connectivity index (χ1) is 11.1. The molecule has 0 radical (unpaired) electrons. The van der Waals surface area contributed by atoms with Gasteiger partial charge in [-0.1, -0.05) is 6.07 Å². The summed E-state index contributed by atoms with van der Waals surface area (Å²) in [6.45, 7) is 9.35. The Labute approximate surface area is 143 Å². The van der Waals surface area contributed by atoms with Gasteiger partial charge in [0.1, 0.15) is 11.4 Å². The smallest absolute Gasteiger partial charge is 0.407 e. The molecule has 24 heavy (non-hydrogen) atoms. The van der Waals surface area contributed by atoms with Crippen LogP contribution in [0, 0.1) is 6.92 Å². The molecule has 7 heteroatoms. The van der Waals surface area contributed by atoms with Crippen LogP contribution in [-0.2, 0) is 4.74 Å². The van der Waals surface area contributed by atoms with Crippen molar-refractivity contribution in [2.75, 3.05) is 13.7 Å². The van der Waals surface area contributed by atoms with E-state index in [4.69, 9.17) is 9.47 Å². The van der Waals surface area contributed by atoms with Crippen LogP contribution >= 0.6 is 0 Å². The first kappa shape index (κ1) is 19.8. The van der Waals surface area contributed by atoms with Crippen molar-refractivity contribution in [2.24, 2.45) is 0 Å². The number of methoxy groups -OCH3 is 1. The zero-order chi connectivity index (χ0) is 18.3. The van der Waals surface area contributed by atoms with Gasteiger partial charge in [-0.25, -0.2) is 10.2 Å². The summed E-state index contributed by atoms with van der Waals surface area (Å²) in [5.41, 5.74) is 6.22. The van der Waals surface area contributed by atoms with Crippen molar-refractivity contribution in [3.05, 3.63) is 29.3 Å². The molecule has 0 aliphatic heterocycles. The number of amides is 2. The molecule has 0 fully saturated rings. The van der Waals surface area contributed by atoms with Gasteiger partial charge in [0.2, 0.25) is 0 Å². The Morgan fingerprint density at radius 2 is 1.92 bits per heavy atom. The van der Waals surface area contributed by atoms with Crippen LogP contribution < -0.4 is 20.9 Å². The summed E-state index contributed by atoms with van der Waals surface area (Å²) in [4.78, 5) is 23.8. The number of nitrogens with one attached hydrogen (secondary N) is 3. The summed E-state index contributed by atoms with van der Waals surface area (Å²) < 4.78 is 10.3. The summed E-state index contributed by atoms with van der Waals surface area (Å²) >= 11 is 0. The average Bonchev–Trinajstić information content (AvgIpc) is 2.49. The van der Waals surface area contributed by atoms with E-state index in [1.807, 2.05) is 13.8 Å². The number of hydrogen-bond acceptors (Lipinski definition) is 5. The number of carbonyl (C=O) groups excluding carboxylic acids is 2. The Hall–Kier alpha value is -2.28. The average molecular weight is 337 g/mol. The van der Waals surface area contributed by atoms with Crippen molar-refractivity contribution >= 4 is 12.0 Å². The maximum absolute atomic E-state index is 12.2. The molecule has 3 N–H and O–H groups in total. The first-order valence-corrected chi connectivity index (χ1v) is 7.80. The third-order valence-corrected chi connectivity index (χ3v) is 3.13. The topological polar surface area (TPSA) is 88.7 Å². The Morgan fingerprint density at radius 1 is 1.25 bits per heavy atom. The maximum atomic E-state index is 12.2. The molecule has 134 valence electrons. The van der Waals surface area contributed by atoms with E-state index in [-0.39, 0.29) is 11.9 Å². The van der Waals surface area contributed by atoms with Gasteiger partial charge in [-0.05, 0) is 46.8 Å². The summed E-state index contributed by atoms with van der Waals surface area (Å²) in [5.74, 6) is 0.387. The molecule has 1 aromatic rings. The molecule has 1 unspecified atom stereocenters. The van der Waals surface area contributed by atoms with E-state index in [1.54, 1.807) is 46.1 Å². The summed E-state index contributed by atoms with van der Waals surface area (Å²) in [5, 5.41) is 2.64. The van der Waals surface area contributed by atoms with Gasteiger partial charge in [-0.2, -0.15) is 0 Å². The van der Waals surface area contributed by atoms with E-state index in [0.29, 0.717) is 17.9 Å². The molecular weight excluding hydrogens is 310 g/mol. The summed E-state index contributed by atoms with van der Waals surface area (Å²) in [6, 6.07) is 5.10. The number of rotatable bonds is 6. The lowest BCUT2D eigenvalue weighted by Crippen LogP contribution is -2.48. The van der Waals surface area contributed by atoms with Crippen LogP contribution in [0.4, 0.5) is 4.79 Å². The van der Waals surface area contributed by atoms with Gasteiger partial charge in [0.05, 0.1) is 7.11 Å². The highest BCUT2D eigenvalue weighted by Gasteiger charge is 2.17. The normalized spacial score (nSPS) is 12.2. The van der Waals surface area contributed by atoms with Crippen LogP contribution in [0.2, 0.25) is 0 Å². The van der Waals surface area contributed by atoms with Crippen LogP contribution in [0.15, 0.2) is 18.2 Å². The van der Waals surface area contributed by atoms with E-state index < -0.39 is 11.7 Å². The highest BCUT2D eigenvalue weighted by atomic mass is 16.6. The van der Waals surface area contributed by atoms with Gasteiger partial charge in [0, 0.05) is 23.7 Å². The van der Waals surface area contributed by atoms with Crippen molar-refractivity contribution < 1.29 is 19.1 Å². The quantitative estimate of drug-likeness (QED) is 0.692. The third kappa shape index (κ3) is 6.45. The van der Waals surface area contributed by atoms with Gasteiger partial charge in [-0.3, -0.25) is 10.2 Å². The second kappa shape index (κ2) is 8.54. The standard InChI is InChI=1S/C17H27N3O4/c1-11(10-18-16(22)24-17(3,4)5)19-20-15(21)13-8-7-9-14(23-6)12(13)2/h7-9,11,19H,10H2,1-6H3,(H,18,22)(H,20,21). The van der Waals surface area contributed by atoms with E-state index in [9.17, 15) is 9.59 Å². The fraction of sp³-hybridized carbons (Fsp3) is 0.529. The Morgan fingerprint density at radius 3 is 2.50 bits per heavy atom. The molecule has 0 spiro atoms. The number of carbonyl (C=O) groups is 2. The zero-order valence-electron chi connectivity index (χ0n) is 15.1. The second-order valence-corrected chi connectivity index (χ2v) is 6.52.